The van der Waals surface area contributed by atoms with Crippen molar-refractivity contribution in [2.45, 2.75) is 19.8 Å². The molecule has 108 valence electrons. The van der Waals surface area contributed by atoms with Gasteiger partial charge in [0.2, 0.25) is 0 Å². The molecule has 0 atom stereocenters. The van der Waals surface area contributed by atoms with Crippen molar-refractivity contribution in [3.8, 4) is 0 Å². The summed E-state index contributed by atoms with van der Waals surface area (Å²) in [4.78, 5) is 14.5. The van der Waals surface area contributed by atoms with Crippen molar-refractivity contribution in [2.24, 2.45) is 0 Å². The van der Waals surface area contributed by atoms with E-state index < -0.39 is 0 Å². The molecule has 0 bridgehead atoms. The Kier molecular flexibility index (Phi) is 3.60. The van der Waals surface area contributed by atoms with Gasteiger partial charge < -0.3 is 9.88 Å². The molecule has 3 aromatic rings. The summed E-state index contributed by atoms with van der Waals surface area (Å²) in [6.07, 6.45) is 1.89. The maximum Gasteiger partial charge on any atom is 0.179 e. The Balaban J connectivity index is 1.80. The number of anilines is 1. The number of rotatable bonds is 4. The van der Waals surface area contributed by atoms with Crippen LogP contribution in [0, 0.1) is 6.92 Å². The van der Waals surface area contributed by atoms with Crippen molar-refractivity contribution < 1.29 is 0 Å². The van der Waals surface area contributed by atoms with Crippen LogP contribution in [0.15, 0.2) is 36.4 Å². The first-order chi connectivity index (χ1) is 10.1. The summed E-state index contributed by atoms with van der Waals surface area (Å²) in [6.45, 7) is 2.15. The third kappa shape index (κ3) is 2.89. The van der Waals surface area contributed by atoms with Gasteiger partial charge in [-0.25, -0.2) is 9.97 Å². The summed E-state index contributed by atoms with van der Waals surface area (Å²) in [6, 6.07) is 12.5. The summed E-state index contributed by atoms with van der Waals surface area (Å²) in [7, 11) is 3.97. The quantitative estimate of drug-likeness (QED) is 0.798. The Labute approximate surface area is 124 Å². The van der Waals surface area contributed by atoms with Crippen molar-refractivity contribution in [3.05, 3.63) is 53.3 Å². The normalized spacial score (nSPS) is 11.0. The van der Waals surface area contributed by atoms with Gasteiger partial charge >= 0.3 is 0 Å². The topological polar surface area (TPSA) is 44.8 Å². The molecule has 3 rings (SSSR count). The van der Waals surface area contributed by atoms with Crippen LogP contribution in [0.1, 0.15) is 17.0 Å². The number of nitrogens with one attached hydrogen (secondary N) is 1. The molecule has 21 heavy (non-hydrogen) atoms. The first-order valence-corrected chi connectivity index (χ1v) is 7.21. The molecule has 0 unspecified atom stereocenters. The Morgan fingerprint density at radius 3 is 2.57 bits per heavy atom. The number of aromatic amines is 1. The maximum atomic E-state index is 4.61. The number of aromatic nitrogens is 3. The molecule has 2 heterocycles. The average molecular weight is 280 g/mol. The zero-order valence-electron chi connectivity index (χ0n) is 12.7. The zero-order valence-corrected chi connectivity index (χ0v) is 12.7. The molecular formula is C17H20N4. The second-order valence-electron chi connectivity index (χ2n) is 5.55. The van der Waals surface area contributed by atoms with Crippen LogP contribution in [0.4, 0.5) is 5.82 Å². The predicted octanol–water partition coefficient (Wildman–Crippen LogP) is 3.12. The van der Waals surface area contributed by atoms with Crippen LogP contribution in [0.3, 0.4) is 0 Å². The van der Waals surface area contributed by atoms with Gasteiger partial charge in [0.05, 0.1) is 5.52 Å². The van der Waals surface area contributed by atoms with Crippen LogP contribution in [0.2, 0.25) is 0 Å². The minimum absolute atomic E-state index is 0.793. The molecule has 0 saturated carbocycles. The minimum Gasteiger partial charge on any atom is -0.363 e. The summed E-state index contributed by atoms with van der Waals surface area (Å²) >= 11 is 0. The Hall–Kier alpha value is -2.36. The Morgan fingerprint density at radius 2 is 1.81 bits per heavy atom. The van der Waals surface area contributed by atoms with Crippen LogP contribution < -0.4 is 4.90 Å². The van der Waals surface area contributed by atoms with Gasteiger partial charge in [0, 0.05) is 20.5 Å². The van der Waals surface area contributed by atoms with E-state index in [2.05, 4.69) is 46.1 Å². The number of benzene rings is 1. The molecule has 0 spiro atoms. The predicted molar refractivity (Wildman–Crippen MR) is 86.8 cm³/mol. The van der Waals surface area contributed by atoms with Gasteiger partial charge in [0.25, 0.3) is 0 Å². The highest BCUT2D eigenvalue weighted by atomic mass is 15.1. The molecule has 0 aliphatic rings. The van der Waals surface area contributed by atoms with Crippen molar-refractivity contribution >= 4 is 17.0 Å². The Morgan fingerprint density at radius 1 is 1.00 bits per heavy atom. The lowest BCUT2D eigenvalue weighted by molar-refractivity contribution is 0.882. The van der Waals surface area contributed by atoms with E-state index >= 15 is 0 Å². The minimum atomic E-state index is 0.793. The van der Waals surface area contributed by atoms with Crippen LogP contribution in [-0.2, 0) is 12.8 Å². The molecule has 0 radical (unpaired) electrons. The van der Waals surface area contributed by atoms with Crippen molar-refractivity contribution in [3.63, 3.8) is 0 Å². The first-order valence-electron chi connectivity index (χ1n) is 7.21. The van der Waals surface area contributed by atoms with Crippen molar-refractivity contribution in [1.29, 1.82) is 0 Å². The van der Waals surface area contributed by atoms with Crippen molar-refractivity contribution in [2.75, 3.05) is 19.0 Å². The molecule has 2 aromatic heterocycles. The molecule has 0 amide bonds. The van der Waals surface area contributed by atoms with Crippen LogP contribution >= 0.6 is 0 Å². The standard InChI is InChI=1S/C17H20N4/c1-12-6-4-5-7-13(12)8-10-15-18-14-9-11-16(21(2)3)20-17(14)19-15/h4-7,9,11H,8,10H2,1-3H3,(H,18,19,20). The Bertz CT molecular complexity index is 758. The maximum absolute atomic E-state index is 4.61. The van der Waals surface area contributed by atoms with Crippen LogP contribution in [0.5, 0.6) is 0 Å². The molecule has 4 nitrogen and oxygen atoms in total. The van der Waals surface area contributed by atoms with Gasteiger partial charge in [-0.1, -0.05) is 24.3 Å². The highest BCUT2D eigenvalue weighted by Crippen LogP contribution is 2.16. The van der Waals surface area contributed by atoms with Crippen molar-refractivity contribution in [1.82, 2.24) is 15.0 Å². The summed E-state index contributed by atoms with van der Waals surface area (Å²) in [5.74, 6) is 1.93. The fraction of sp³-hybridized carbons (Fsp3) is 0.294. The van der Waals surface area contributed by atoms with Gasteiger partial charge in [0.15, 0.2) is 5.65 Å². The largest absolute Gasteiger partial charge is 0.363 e. The first kappa shape index (κ1) is 13.6. The molecule has 0 aliphatic heterocycles. The van der Waals surface area contributed by atoms with Gasteiger partial charge in [-0.2, -0.15) is 0 Å². The lowest BCUT2D eigenvalue weighted by atomic mass is 10.0. The zero-order chi connectivity index (χ0) is 14.8. The van der Waals surface area contributed by atoms with Gasteiger partial charge in [-0.05, 0) is 36.6 Å². The van der Waals surface area contributed by atoms with E-state index in [0.717, 1.165) is 35.6 Å². The number of imidazole rings is 1. The summed E-state index contributed by atoms with van der Waals surface area (Å²) in [5.41, 5.74) is 4.50. The van der Waals surface area contributed by atoms with Crippen LogP contribution in [0.25, 0.3) is 11.2 Å². The number of hydrogen-bond donors (Lipinski definition) is 1. The monoisotopic (exact) mass is 280 g/mol. The second kappa shape index (κ2) is 5.56. The smallest absolute Gasteiger partial charge is 0.179 e. The second-order valence-corrected chi connectivity index (χ2v) is 5.55. The van der Waals surface area contributed by atoms with Gasteiger partial charge in [0.1, 0.15) is 11.6 Å². The number of nitrogens with zero attached hydrogens (tertiary/aromatic N) is 3. The van der Waals surface area contributed by atoms with E-state index in [1.165, 1.54) is 11.1 Å². The number of aryl methyl sites for hydroxylation is 3. The SMILES string of the molecule is Cc1ccccc1CCc1nc2nc(N(C)C)ccc2[nH]1. The lowest BCUT2D eigenvalue weighted by Gasteiger charge is -2.09. The summed E-state index contributed by atoms with van der Waals surface area (Å²) in [5, 5.41) is 0. The molecule has 4 heteroatoms. The third-order valence-corrected chi connectivity index (χ3v) is 3.73. The van der Waals surface area contributed by atoms with E-state index in [1.807, 2.05) is 31.1 Å². The average Bonchev–Trinajstić information content (AvgIpc) is 2.88. The number of hydrogen-bond acceptors (Lipinski definition) is 3. The van der Waals surface area contributed by atoms with E-state index in [9.17, 15) is 0 Å². The highest BCUT2D eigenvalue weighted by Gasteiger charge is 2.07. The molecule has 0 aliphatic carbocycles. The van der Waals surface area contributed by atoms with E-state index in [-0.39, 0.29) is 0 Å². The van der Waals surface area contributed by atoms with E-state index in [0.29, 0.717) is 0 Å². The van der Waals surface area contributed by atoms with Gasteiger partial charge in [-0.15, -0.1) is 0 Å². The lowest BCUT2D eigenvalue weighted by Crippen LogP contribution is -2.10. The highest BCUT2D eigenvalue weighted by molar-refractivity contribution is 5.73. The van der Waals surface area contributed by atoms with Gasteiger partial charge in [-0.3, -0.25) is 0 Å². The molecule has 1 N–H and O–H groups in total. The molecule has 0 fully saturated rings. The summed E-state index contributed by atoms with van der Waals surface area (Å²) < 4.78 is 0. The molecule has 0 saturated heterocycles. The number of H-pyrrole nitrogens is 1. The molecule has 1 aromatic carbocycles. The molecular weight excluding hydrogens is 260 g/mol. The fourth-order valence-electron chi connectivity index (χ4n) is 2.44. The fourth-order valence-corrected chi connectivity index (χ4v) is 2.44. The van der Waals surface area contributed by atoms with Crippen LogP contribution in [-0.4, -0.2) is 29.0 Å². The number of pyridine rings is 1. The third-order valence-electron chi connectivity index (χ3n) is 3.73. The number of fused-ring (bicyclic) bond motifs is 1. The van der Waals surface area contributed by atoms with E-state index in [4.69, 9.17) is 0 Å². The van der Waals surface area contributed by atoms with E-state index in [1.54, 1.807) is 0 Å².